The molecule has 1 aliphatic heterocycles. The van der Waals surface area contributed by atoms with Gasteiger partial charge in [-0.25, -0.2) is 10.8 Å². The molecule has 0 atom stereocenters. The van der Waals surface area contributed by atoms with Crippen LogP contribution in [0.25, 0.3) is 0 Å². The molecule has 14 heavy (non-hydrogen) atoms. The lowest BCUT2D eigenvalue weighted by atomic mass is 10.1. The Labute approximate surface area is 84.7 Å². The number of nitrogens with zero attached hydrogens (tertiary/aromatic N) is 2. The highest BCUT2D eigenvalue weighted by Gasteiger charge is 2.27. The number of likely N-dealkylation sites (tertiary alicyclic amines) is 1. The summed E-state index contributed by atoms with van der Waals surface area (Å²) in [6.07, 6.45) is 2.41. The fourth-order valence-corrected chi connectivity index (χ4v) is 1.62. The third-order valence-corrected chi connectivity index (χ3v) is 2.74. The van der Waals surface area contributed by atoms with Crippen LogP contribution in [0.3, 0.4) is 0 Å². The van der Waals surface area contributed by atoms with Crippen LogP contribution in [-0.4, -0.2) is 42.6 Å². The first kappa shape index (κ1) is 9.73. The highest BCUT2D eigenvalue weighted by atomic mass is 15.4. The fourth-order valence-electron chi connectivity index (χ4n) is 1.62. The molecule has 2 rings (SSSR count). The molecular weight excluding hydrogens is 178 g/mol. The van der Waals surface area contributed by atoms with Crippen molar-refractivity contribution in [2.75, 3.05) is 19.6 Å². The Morgan fingerprint density at radius 2 is 2.21 bits per heavy atom. The fraction of sp³-hybridized carbons (Fsp3) is 0.889. The largest absolute Gasteiger partial charge is 0.350 e. The van der Waals surface area contributed by atoms with E-state index in [2.05, 4.69) is 27.6 Å². The summed E-state index contributed by atoms with van der Waals surface area (Å²) in [6.45, 7) is 5.50. The Balaban J connectivity index is 1.73. The number of hydrogen-bond donors (Lipinski definition) is 3. The van der Waals surface area contributed by atoms with Crippen molar-refractivity contribution in [2.45, 2.75) is 31.8 Å². The summed E-state index contributed by atoms with van der Waals surface area (Å²) in [7, 11) is 0. The van der Waals surface area contributed by atoms with Gasteiger partial charge in [-0.1, -0.05) is 6.92 Å². The van der Waals surface area contributed by atoms with Crippen molar-refractivity contribution < 1.29 is 0 Å². The first-order chi connectivity index (χ1) is 6.81. The van der Waals surface area contributed by atoms with Crippen LogP contribution in [0.5, 0.6) is 0 Å². The quantitative estimate of drug-likeness (QED) is 0.241. The second-order valence-electron chi connectivity index (χ2n) is 4.05. The molecule has 5 nitrogen and oxygen atoms in total. The first-order valence-electron chi connectivity index (χ1n) is 5.35. The number of guanidine groups is 1. The molecule has 0 amide bonds. The van der Waals surface area contributed by atoms with Gasteiger partial charge in [0, 0.05) is 13.1 Å². The topological polar surface area (TPSA) is 65.7 Å². The summed E-state index contributed by atoms with van der Waals surface area (Å²) in [6, 6.07) is 1.03. The highest BCUT2D eigenvalue weighted by Crippen LogP contribution is 2.23. The van der Waals surface area contributed by atoms with E-state index in [0.717, 1.165) is 25.6 Å². The van der Waals surface area contributed by atoms with Gasteiger partial charge in [0.05, 0.1) is 12.1 Å². The minimum absolute atomic E-state index is 0.510. The second-order valence-corrected chi connectivity index (χ2v) is 4.05. The molecule has 4 N–H and O–H groups in total. The lowest BCUT2D eigenvalue weighted by Crippen LogP contribution is -2.61. The van der Waals surface area contributed by atoms with Crippen molar-refractivity contribution in [3.63, 3.8) is 0 Å². The predicted octanol–water partition coefficient (Wildman–Crippen LogP) is -0.738. The van der Waals surface area contributed by atoms with Crippen molar-refractivity contribution in [3.05, 3.63) is 0 Å². The average Bonchev–Trinajstić information content (AvgIpc) is 2.92. The maximum Gasteiger partial charge on any atom is 0.206 e. The maximum absolute atomic E-state index is 5.39. The van der Waals surface area contributed by atoms with E-state index in [4.69, 9.17) is 5.84 Å². The number of likely N-dealkylation sites (N-methyl/N-ethyl adjacent to an activating group) is 1. The van der Waals surface area contributed by atoms with Crippen LogP contribution < -0.4 is 16.6 Å². The molecule has 0 unspecified atom stereocenters. The number of hydrogen-bond acceptors (Lipinski definition) is 3. The summed E-state index contributed by atoms with van der Waals surface area (Å²) >= 11 is 0. The lowest BCUT2D eigenvalue weighted by Gasteiger charge is -2.39. The molecule has 0 radical (unpaired) electrons. The van der Waals surface area contributed by atoms with Crippen LogP contribution in [0.2, 0.25) is 0 Å². The summed E-state index contributed by atoms with van der Waals surface area (Å²) in [5.41, 5.74) is 2.63. The van der Waals surface area contributed by atoms with E-state index in [1.54, 1.807) is 0 Å². The van der Waals surface area contributed by atoms with E-state index >= 15 is 0 Å². The Hall–Kier alpha value is -0.810. The SMILES string of the molecule is CCN1CC(NC(=NC2CC2)NN)C1. The Morgan fingerprint density at radius 1 is 1.50 bits per heavy atom. The number of nitrogens with one attached hydrogen (secondary N) is 2. The van der Waals surface area contributed by atoms with Gasteiger partial charge in [-0.2, -0.15) is 0 Å². The summed E-state index contributed by atoms with van der Waals surface area (Å²) in [4.78, 5) is 6.81. The zero-order valence-electron chi connectivity index (χ0n) is 8.66. The Kier molecular flexibility index (Phi) is 2.88. The molecule has 1 aliphatic carbocycles. The number of nitrogens with two attached hydrogens (primary N) is 1. The van der Waals surface area contributed by atoms with Crippen molar-refractivity contribution in [2.24, 2.45) is 10.8 Å². The summed E-state index contributed by atoms with van der Waals surface area (Å²) < 4.78 is 0. The third kappa shape index (κ3) is 2.36. The Morgan fingerprint density at radius 3 is 2.71 bits per heavy atom. The molecule has 0 aromatic rings. The smallest absolute Gasteiger partial charge is 0.206 e. The van der Waals surface area contributed by atoms with Gasteiger partial charge in [0.2, 0.25) is 5.96 Å². The summed E-state index contributed by atoms with van der Waals surface area (Å²) in [5.74, 6) is 6.14. The third-order valence-electron chi connectivity index (χ3n) is 2.74. The van der Waals surface area contributed by atoms with E-state index in [9.17, 15) is 0 Å². The van der Waals surface area contributed by atoms with Crippen molar-refractivity contribution in [1.82, 2.24) is 15.6 Å². The van der Waals surface area contributed by atoms with Crippen LogP contribution in [0, 0.1) is 0 Å². The Bertz CT molecular complexity index is 217. The van der Waals surface area contributed by atoms with E-state index in [-0.39, 0.29) is 0 Å². The molecule has 0 aromatic heterocycles. The maximum atomic E-state index is 5.39. The van der Waals surface area contributed by atoms with Gasteiger partial charge in [0.1, 0.15) is 0 Å². The summed E-state index contributed by atoms with van der Waals surface area (Å²) in [5, 5.41) is 3.31. The lowest BCUT2D eigenvalue weighted by molar-refractivity contribution is 0.147. The van der Waals surface area contributed by atoms with Gasteiger partial charge in [-0.15, -0.1) is 0 Å². The first-order valence-corrected chi connectivity index (χ1v) is 5.35. The van der Waals surface area contributed by atoms with Crippen LogP contribution in [0.15, 0.2) is 4.99 Å². The number of rotatable bonds is 3. The molecule has 2 fully saturated rings. The molecule has 2 aliphatic rings. The van der Waals surface area contributed by atoms with E-state index < -0.39 is 0 Å². The van der Waals surface area contributed by atoms with E-state index in [1.165, 1.54) is 12.8 Å². The van der Waals surface area contributed by atoms with Crippen LogP contribution >= 0.6 is 0 Å². The van der Waals surface area contributed by atoms with Crippen molar-refractivity contribution in [3.8, 4) is 0 Å². The van der Waals surface area contributed by atoms with Gasteiger partial charge in [0.25, 0.3) is 0 Å². The zero-order chi connectivity index (χ0) is 9.97. The van der Waals surface area contributed by atoms with Gasteiger partial charge in [-0.05, 0) is 19.4 Å². The minimum atomic E-state index is 0.510. The molecular formula is C9H19N5. The van der Waals surface area contributed by atoms with E-state index in [1.807, 2.05) is 0 Å². The number of aliphatic imine (C=N–C) groups is 1. The van der Waals surface area contributed by atoms with Crippen LogP contribution in [-0.2, 0) is 0 Å². The van der Waals surface area contributed by atoms with Gasteiger partial charge < -0.3 is 5.32 Å². The van der Waals surface area contributed by atoms with E-state index in [0.29, 0.717) is 12.1 Å². The molecule has 0 spiro atoms. The molecule has 1 saturated heterocycles. The highest BCUT2D eigenvalue weighted by molar-refractivity contribution is 5.80. The second kappa shape index (κ2) is 4.14. The molecule has 0 bridgehead atoms. The van der Waals surface area contributed by atoms with Crippen LogP contribution in [0.1, 0.15) is 19.8 Å². The van der Waals surface area contributed by atoms with Gasteiger partial charge in [-0.3, -0.25) is 10.3 Å². The average molecular weight is 197 g/mol. The normalized spacial score (nSPS) is 24.6. The molecule has 1 heterocycles. The van der Waals surface area contributed by atoms with Crippen LogP contribution in [0.4, 0.5) is 0 Å². The zero-order valence-corrected chi connectivity index (χ0v) is 8.66. The molecule has 0 aromatic carbocycles. The molecule has 5 heteroatoms. The van der Waals surface area contributed by atoms with Gasteiger partial charge in [0.15, 0.2) is 0 Å². The van der Waals surface area contributed by atoms with Crippen molar-refractivity contribution >= 4 is 5.96 Å². The van der Waals surface area contributed by atoms with Crippen molar-refractivity contribution in [1.29, 1.82) is 0 Å². The standard InChI is InChI=1S/C9H19N5/c1-2-14-5-8(6-14)12-9(13-10)11-7-3-4-7/h7-8H,2-6,10H2,1H3,(H2,11,12,13). The monoisotopic (exact) mass is 197 g/mol. The minimum Gasteiger partial charge on any atom is -0.350 e. The van der Waals surface area contributed by atoms with Gasteiger partial charge >= 0.3 is 0 Å². The molecule has 80 valence electrons. The number of hydrazine groups is 1. The predicted molar refractivity (Wildman–Crippen MR) is 56.8 cm³/mol. The molecule has 1 saturated carbocycles.